The van der Waals surface area contributed by atoms with Gasteiger partial charge in [-0.15, -0.1) is 0 Å². The monoisotopic (exact) mass is 310 g/mol. The van der Waals surface area contributed by atoms with E-state index in [-0.39, 0.29) is 24.3 Å². The molecule has 21 heavy (non-hydrogen) atoms. The SMILES string of the molecule is CNC(C)c1cccc(S(=O)(=O)NC2CC3CCC2O3)c1. The van der Waals surface area contributed by atoms with Crippen LogP contribution in [-0.2, 0) is 14.8 Å². The third-order valence-electron chi connectivity index (χ3n) is 4.51. The van der Waals surface area contributed by atoms with Crippen LogP contribution in [0.2, 0.25) is 0 Å². The molecule has 2 fully saturated rings. The normalized spacial score (nSPS) is 29.7. The molecule has 3 rings (SSSR count). The first kappa shape index (κ1) is 15.0. The van der Waals surface area contributed by atoms with E-state index in [1.165, 1.54) is 0 Å². The first-order valence-corrected chi connectivity index (χ1v) is 8.93. The van der Waals surface area contributed by atoms with Gasteiger partial charge in [0.15, 0.2) is 0 Å². The van der Waals surface area contributed by atoms with E-state index in [1.807, 2.05) is 20.0 Å². The van der Waals surface area contributed by atoms with E-state index in [1.54, 1.807) is 18.2 Å². The predicted molar refractivity (Wildman–Crippen MR) is 80.5 cm³/mol. The summed E-state index contributed by atoms with van der Waals surface area (Å²) in [5.74, 6) is 0. The minimum Gasteiger partial charge on any atom is -0.373 e. The van der Waals surface area contributed by atoms with Gasteiger partial charge in [0.2, 0.25) is 10.0 Å². The largest absolute Gasteiger partial charge is 0.373 e. The van der Waals surface area contributed by atoms with E-state index in [2.05, 4.69) is 10.0 Å². The summed E-state index contributed by atoms with van der Waals surface area (Å²) in [6.45, 7) is 2.00. The number of rotatable bonds is 5. The molecule has 6 heteroatoms. The van der Waals surface area contributed by atoms with Crippen molar-refractivity contribution in [1.29, 1.82) is 0 Å². The Kier molecular flexibility index (Phi) is 4.05. The van der Waals surface area contributed by atoms with Crippen molar-refractivity contribution in [3.8, 4) is 0 Å². The molecule has 0 saturated carbocycles. The van der Waals surface area contributed by atoms with Crippen molar-refractivity contribution in [3.63, 3.8) is 0 Å². The molecule has 0 amide bonds. The van der Waals surface area contributed by atoms with Gasteiger partial charge in [-0.1, -0.05) is 12.1 Å². The average molecular weight is 310 g/mol. The topological polar surface area (TPSA) is 67.4 Å². The van der Waals surface area contributed by atoms with E-state index >= 15 is 0 Å². The van der Waals surface area contributed by atoms with Crippen LogP contribution < -0.4 is 10.0 Å². The van der Waals surface area contributed by atoms with Gasteiger partial charge in [0, 0.05) is 6.04 Å². The summed E-state index contributed by atoms with van der Waals surface area (Å²) in [7, 11) is -1.63. The fraction of sp³-hybridized carbons (Fsp3) is 0.600. The Hall–Kier alpha value is -0.950. The molecule has 0 aliphatic carbocycles. The van der Waals surface area contributed by atoms with Crippen LogP contribution in [0.15, 0.2) is 29.2 Å². The highest BCUT2D eigenvalue weighted by Crippen LogP contribution is 2.35. The Bertz CT molecular complexity index is 617. The Balaban J connectivity index is 1.78. The van der Waals surface area contributed by atoms with Crippen LogP contribution in [0.5, 0.6) is 0 Å². The van der Waals surface area contributed by atoms with Crippen molar-refractivity contribution >= 4 is 10.0 Å². The first-order valence-electron chi connectivity index (χ1n) is 7.44. The zero-order chi connectivity index (χ0) is 15.0. The van der Waals surface area contributed by atoms with E-state index in [0.717, 1.165) is 24.8 Å². The molecular weight excluding hydrogens is 288 g/mol. The van der Waals surface area contributed by atoms with Crippen LogP contribution in [0.4, 0.5) is 0 Å². The molecule has 2 saturated heterocycles. The van der Waals surface area contributed by atoms with Gasteiger partial charge >= 0.3 is 0 Å². The lowest BCUT2D eigenvalue weighted by molar-refractivity contribution is 0.0996. The molecule has 2 bridgehead atoms. The lowest BCUT2D eigenvalue weighted by atomic mass is 9.96. The number of ether oxygens (including phenoxy) is 1. The Labute approximate surface area is 126 Å². The molecule has 2 aliphatic heterocycles. The maximum atomic E-state index is 12.5. The van der Waals surface area contributed by atoms with Crippen molar-refractivity contribution in [1.82, 2.24) is 10.0 Å². The molecule has 5 nitrogen and oxygen atoms in total. The van der Waals surface area contributed by atoms with E-state index in [9.17, 15) is 8.42 Å². The van der Waals surface area contributed by atoms with Crippen LogP contribution in [0, 0.1) is 0 Å². The van der Waals surface area contributed by atoms with E-state index in [4.69, 9.17) is 4.74 Å². The second kappa shape index (κ2) is 5.68. The molecule has 2 N–H and O–H groups in total. The van der Waals surface area contributed by atoms with Crippen LogP contribution >= 0.6 is 0 Å². The number of fused-ring (bicyclic) bond motifs is 2. The zero-order valence-electron chi connectivity index (χ0n) is 12.4. The molecule has 2 heterocycles. The highest BCUT2D eigenvalue weighted by Gasteiger charge is 2.42. The Morgan fingerprint density at radius 3 is 2.76 bits per heavy atom. The van der Waals surface area contributed by atoms with E-state index < -0.39 is 10.0 Å². The molecule has 0 aromatic heterocycles. The number of hydrogen-bond donors (Lipinski definition) is 2. The van der Waals surface area contributed by atoms with Crippen molar-refractivity contribution in [3.05, 3.63) is 29.8 Å². The molecule has 0 spiro atoms. The van der Waals surface area contributed by atoms with Crippen LogP contribution in [0.1, 0.15) is 37.8 Å². The van der Waals surface area contributed by atoms with Crippen LogP contribution in [0.3, 0.4) is 0 Å². The van der Waals surface area contributed by atoms with Gasteiger partial charge in [-0.05, 0) is 50.9 Å². The molecule has 1 aromatic rings. The lowest BCUT2D eigenvalue weighted by Gasteiger charge is -2.20. The summed E-state index contributed by atoms with van der Waals surface area (Å²) in [4.78, 5) is 0.324. The number of nitrogens with one attached hydrogen (secondary N) is 2. The van der Waals surface area contributed by atoms with Crippen LogP contribution in [0.25, 0.3) is 0 Å². The van der Waals surface area contributed by atoms with Gasteiger partial charge in [0.05, 0.1) is 23.1 Å². The highest BCUT2D eigenvalue weighted by atomic mass is 32.2. The van der Waals surface area contributed by atoms with Crippen LogP contribution in [-0.4, -0.2) is 33.7 Å². The molecule has 0 radical (unpaired) electrons. The fourth-order valence-electron chi connectivity index (χ4n) is 3.15. The molecule has 4 atom stereocenters. The Morgan fingerprint density at radius 2 is 2.14 bits per heavy atom. The van der Waals surface area contributed by atoms with Gasteiger partial charge in [-0.3, -0.25) is 0 Å². The summed E-state index contributed by atoms with van der Waals surface area (Å²) in [6, 6.07) is 7.13. The smallest absolute Gasteiger partial charge is 0.240 e. The minimum atomic E-state index is -3.49. The second-order valence-electron chi connectivity index (χ2n) is 5.92. The van der Waals surface area contributed by atoms with Gasteiger partial charge < -0.3 is 10.1 Å². The molecular formula is C15H22N2O3S. The predicted octanol–water partition coefficient (Wildman–Crippen LogP) is 1.57. The Morgan fingerprint density at radius 1 is 1.33 bits per heavy atom. The van der Waals surface area contributed by atoms with Crippen molar-refractivity contribution in [2.45, 2.75) is 55.4 Å². The minimum absolute atomic E-state index is 0.0455. The summed E-state index contributed by atoms with van der Waals surface area (Å²) in [5.41, 5.74) is 0.963. The van der Waals surface area contributed by atoms with Gasteiger partial charge in [0.1, 0.15) is 0 Å². The summed E-state index contributed by atoms with van der Waals surface area (Å²) in [6.07, 6.45) is 3.08. The maximum Gasteiger partial charge on any atom is 0.240 e. The molecule has 116 valence electrons. The third kappa shape index (κ3) is 2.99. The maximum absolute atomic E-state index is 12.5. The lowest BCUT2D eigenvalue weighted by Crippen LogP contribution is -2.41. The summed E-state index contributed by atoms with van der Waals surface area (Å²) >= 11 is 0. The second-order valence-corrected chi connectivity index (χ2v) is 7.63. The van der Waals surface area contributed by atoms with Gasteiger partial charge in [-0.2, -0.15) is 0 Å². The standard InChI is InChI=1S/C15H22N2O3S/c1-10(16-2)11-4-3-5-13(8-11)21(18,19)17-14-9-12-6-7-15(14)20-12/h3-5,8,10,12,14-17H,6-7,9H2,1-2H3. The average Bonchev–Trinajstić information content (AvgIpc) is 3.08. The first-order chi connectivity index (χ1) is 9.99. The zero-order valence-corrected chi connectivity index (χ0v) is 13.2. The summed E-state index contributed by atoms with van der Waals surface area (Å²) < 4.78 is 33.6. The molecule has 4 unspecified atom stereocenters. The molecule has 1 aromatic carbocycles. The van der Waals surface area contributed by atoms with Crippen molar-refractivity contribution in [2.75, 3.05) is 7.05 Å². The number of benzene rings is 1. The number of sulfonamides is 1. The van der Waals surface area contributed by atoms with E-state index in [0.29, 0.717) is 4.90 Å². The molecule has 2 aliphatic rings. The van der Waals surface area contributed by atoms with Gasteiger partial charge in [-0.25, -0.2) is 13.1 Å². The third-order valence-corrected chi connectivity index (χ3v) is 6.00. The highest BCUT2D eigenvalue weighted by molar-refractivity contribution is 7.89. The summed E-state index contributed by atoms with van der Waals surface area (Å²) in [5, 5.41) is 3.12. The van der Waals surface area contributed by atoms with Gasteiger partial charge in [0.25, 0.3) is 0 Å². The fourth-order valence-corrected chi connectivity index (χ4v) is 4.48. The van der Waals surface area contributed by atoms with Crippen molar-refractivity contribution in [2.24, 2.45) is 0 Å². The number of hydrogen-bond acceptors (Lipinski definition) is 4. The quantitative estimate of drug-likeness (QED) is 0.866. The van der Waals surface area contributed by atoms with Crippen molar-refractivity contribution < 1.29 is 13.2 Å².